The van der Waals surface area contributed by atoms with Gasteiger partial charge in [0.25, 0.3) is 0 Å². The molecule has 0 spiro atoms. The maximum Gasteiger partial charge on any atom is -0.0443 e. The van der Waals surface area contributed by atoms with Crippen LogP contribution in [0, 0.1) is 11.8 Å². The molecule has 0 N–H and O–H groups in total. The minimum absolute atomic E-state index is 0.961. The van der Waals surface area contributed by atoms with Gasteiger partial charge in [0.15, 0.2) is 0 Å². The van der Waals surface area contributed by atoms with Gasteiger partial charge in [-0.05, 0) is 11.8 Å². The maximum absolute atomic E-state index is 2.50. The van der Waals surface area contributed by atoms with Crippen molar-refractivity contribution in [3.63, 3.8) is 0 Å². The predicted molar refractivity (Wildman–Crippen MR) is 140 cm³/mol. The fraction of sp³-hybridized carbons (Fsp3) is 1.00. The van der Waals surface area contributed by atoms with E-state index in [1.807, 2.05) is 0 Å². The van der Waals surface area contributed by atoms with E-state index in [9.17, 15) is 0 Å². The van der Waals surface area contributed by atoms with Crippen LogP contribution in [0.3, 0.4) is 0 Å². The lowest BCUT2D eigenvalue weighted by Crippen LogP contribution is -1.95. The summed E-state index contributed by atoms with van der Waals surface area (Å²) in [6, 6.07) is 0. The Morgan fingerprint density at radius 2 is 0.567 bits per heavy atom. The van der Waals surface area contributed by atoms with Crippen molar-refractivity contribution in [2.24, 2.45) is 11.8 Å². The van der Waals surface area contributed by atoms with Crippen LogP contribution in [-0.4, -0.2) is 0 Å². The van der Waals surface area contributed by atoms with Crippen LogP contribution in [0.5, 0.6) is 0 Å². The van der Waals surface area contributed by atoms with Gasteiger partial charge in [-0.15, -0.1) is 0 Å². The molecule has 0 aliphatic heterocycles. The Morgan fingerprint density at radius 1 is 0.300 bits per heavy atom. The van der Waals surface area contributed by atoms with Crippen molar-refractivity contribution in [1.29, 1.82) is 0 Å². The van der Waals surface area contributed by atoms with Crippen LogP contribution in [0.15, 0.2) is 0 Å². The van der Waals surface area contributed by atoms with Crippen molar-refractivity contribution >= 4 is 0 Å². The fourth-order valence-electron chi connectivity index (χ4n) is 4.98. The summed E-state index contributed by atoms with van der Waals surface area (Å²) in [5, 5.41) is 0. The van der Waals surface area contributed by atoms with Crippen LogP contribution in [0.4, 0.5) is 0 Å². The molecule has 0 radical (unpaired) electrons. The second-order valence-corrected chi connectivity index (χ2v) is 10.7. The molecular formula is C30H62. The van der Waals surface area contributed by atoms with Crippen molar-refractivity contribution in [3.8, 4) is 0 Å². The third-order valence-electron chi connectivity index (χ3n) is 7.23. The molecule has 0 aliphatic carbocycles. The summed E-state index contributed by atoms with van der Waals surface area (Å²) >= 11 is 0. The van der Waals surface area contributed by atoms with Gasteiger partial charge in [0.1, 0.15) is 0 Å². The fourth-order valence-corrected chi connectivity index (χ4v) is 4.98. The zero-order valence-corrected chi connectivity index (χ0v) is 22.1. The largest absolute Gasteiger partial charge is 0.0654 e. The van der Waals surface area contributed by atoms with Crippen LogP contribution in [0.2, 0.25) is 0 Å². The second kappa shape index (κ2) is 25.3. The molecule has 0 saturated heterocycles. The third kappa shape index (κ3) is 24.3. The van der Waals surface area contributed by atoms with Crippen molar-refractivity contribution in [2.45, 2.75) is 182 Å². The lowest BCUT2D eigenvalue weighted by molar-refractivity contribution is 0.428. The SMILES string of the molecule is CCCCCCCCCCCCC(C)CCCCCCCCCCCC(C)CCC. The van der Waals surface area contributed by atoms with Crippen molar-refractivity contribution in [3.05, 3.63) is 0 Å². The molecule has 2 unspecified atom stereocenters. The number of unbranched alkanes of at least 4 members (excludes halogenated alkanes) is 17. The van der Waals surface area contributed by atoms with Crippen LogP contribution >= 0.6 is 0 Å². The first-order chi connectivity index (χ1) is 14.7. The molecule has 0 saturated carbocycles. The highest BCUT2D eigenvalue weighted by molar-refractivity contribution is 4.57. The van der Waals surface area contributed by atoms with E-state index in [-0.39, 0.29) is 0 Å². The Labute approximate surface area is 193 Å². The van der Waals surface area contributed by atoms with E-state index in [2.05, 4.69) is 27.7 Å². The van der Waals surface area contributed by atoms with E-state index in [0.717, 1.165) is 11.8 Å². The van der Waals surface area contributed by atoms with Gasteiger partial charge in [-0.25, -0.2) is 0 Å². The zero-order chi connectivity index (χ0) is 22.1. The van der Waals surface area contributed by atoms with Crippen LogP contribution in [-0.2, 0) is 0 Å². The van der Waals surface area contributed by atoms with E-state index in [1.165, 1.54) is 154 Å². The Kier molecular flexibility index (Phi) is 25.3. The monoisotopic (exact) mass is 422 g/mol. The molecule has 0 bridgehead atoms. The molecule has 0 rings (SSSR count). The third-order valence-corrected chi connectivity index (χ3v) is 7.23. The van der Waals surface area contributed by atoms with Gasteiger partial charge < -0.3 is 0 Å². The van der Waals surface area contributed by atoms with Gasteiger partial charge in [0, 0.05) is 0 Å². The van der Waals surface area contributed by atoms with Crippen molar-refractivity contribution in [2.75, 3.05) is 0 Å². The van der Waals surface area contributed by atoms with Crippen LogP contribution < -0.4 is 0 Å². The minimum atomic E-state index is 0.961. The standard InChI is InChI=1S/C30H62/c1-5-7-8-9-10-11-13-17-20-23-27-30(4)28-24-21-18-15-12-14-16-19-22-26-29(3)25-6-2/h29-30H,5-28H2,1-4H3. The predicted octanol–water partition coefficient (Wildman–Crippen LogP) is 11.7. The molecule has 0 heterocycles. The Morgan fingerprint density at radius 3 is 0.867 bits per heavy atom. The molecular weight excluding hydrogens is 360 g/mol. The average Bonchev–Trinajstić information content (AvgIpc) is 2.73. The minimum Gasteiger partial charge on any atom is -0.0654 e. The topological polar surface area (TPSA) is 0 Å². The van der Waals surface area contributed by atoms with Crippen LogP contribution in [0.1, 0.15) is 182 Å². The summed E-state index contributed by atoms with van der Waals surface area (Å²) in [5.41, 5.74) is 0. The quantitative estimate of drug-likeness (QED) is 0.128. The lowest BCUT2D eigenvalue weighted by Gasteiger charge is -2.11. The molecule has 30 heavy (non-hydrogen) atoms. The summed E-state index contributed by atoms with van der Waals surface area (Å²) in [4.78, 5) is 0. The smallest absolute Gasteiger partial charge is 0.0443 e. The number of rotatable bonds is 25. The van der Waals surface area contributed by atoms with Crippen molar-refractivity contribution in [1.82, 2.24) is 0 Å². The van der Waals surface area contributed by atoms with E-state index in [4.69, 9.17) is 0 Å². The van der Waals surface area contributed by atoms with Gasteiger partial charge in [0.05, 0.1) is 0 Å². The molecule has 0 aromatic carbocycles. The van der Waals surface area contributed by atoms with Gasteiger partial charge in [-0.1, -0.05) is 182 Å². The Balaban J connectivity index is 3.17. The highest BCUT2D eigenvalue weighted by Gasteiger charge is 2.03. The first-order valence-electron chi connectivity index (χ1n) is 14.7. The summed E-state index contributed by atoms with van der Waals surface area (Å²) in [6.07, 6.45) is 35.2. The molecule has 0 nitrogen and oxygen atoms in total. The molecule has 182 valence electrons. The number of hydrogen-bond acceptors (Lipinski definition) is 0. The first-order valence-corrected chi connectivity index (χ1v) is 14.7. The molecule has 0 amide bonds. The molecule has 0 aromatic rings. The van der Waals surface area contributed by atoms with E-state index >= 15 is 0 Å². The summed E-state index contributed by atoms with van der Waals surface area (Å²) < 4.78 is 0. The molecule has 0 fully saturated rings. The van der Waals surface area contributed by atoms with Gasteiger partial charge in [0.2, 0.25) is 0 Å². The summed E-state index contributed by atoms with van der Waals surface area (Å²) in [5.74, 6) is 1.93. The van der Waals surface area contributed by atoms with E-state index < -0.39 is 0 Å². The Bertz CT molecular complexity index is 294. The van der Waals surface area contributed by atoms with Gasteiger partial charge in [-0.2, -0.15) is 0 Å². The summed E-state index contributed by atoms with van der Waals surface area (Å²) in [6.45, 7) is 9.55. The normalized spacial score (nSPS) is 13.6. The lowest BCUT2D eigenvalue weighted by atomic mass is 9.95. The second-order valence-electron chi connectivity index (χ2n) is 10.7. The van der Waals surface area contributed by atoms with Gasteiger partial charge in [-0.3, -0.25) is 0 Å². The van der Waals surface area contributed by atoms with Crippen molar-refractivity contribution < 1.29 is 0 Å². The molecule has 0 heteroatoms. The first kappa shape index (κ1) is 30.0. The maximum atomic E-state index is 2.50. The van der Waals surface area contributed by atoms with Crippen LogP contribution in [0.25, 0.3) is 0 Å². The molecule has 0 aliphatic rings. The summed E-state index contributed by atoms with van der Waals surface area (Å²) in [7, 11) is 0. The van der Waals surface area contributed by atoms with Gasteiger partial charge >= 0.3 is 0 Å². The van der Waals surface area contributed by atoms with E-state index in [1.54, 1.807) is 0 Å². The highest BCUT2D eigenvalue weighted by atomic mass is 14.1. The van der Waals surface area contributed by atoms with E-state index in [0.29, 0.717) is 0 Å². The number of hydrogen-bond donors (Lipinski definition) is 0. The Hall–Kier alpha value is 0. The molecule has 2 atom stereocenters. The average molecular weight is 423 g/mol. The zero-order valence-electron chi connectivity index (χ0n) is 22.1. The molecule has 0 aromatic heterocycles. The highest BCUT2D eigenvalue weighted by Crippen LogP contribution is 2.20.